The van der Waals surface area contributed by atoms with Gasteiger partial charge >= 0.3 is 0 Å². The third-order valence-corrected chi connectivity index (χ3v) is 4.35. The number of nitrogens with zero attached hydrogens (tertiary/aromatic N) is 2. The minimum atomic E-state index is -0.274. The molecule has 0 aliphatic heterocycles. The molecule has 0 aliphatic carbocycles. The van der Waals surface area contributed by atoms with E-state index in [1.165, 1.54) is 16.3 Å². The molecule has 3 aromatic rings. The first-order valence-corrected chi connectivity index (χ1v) is 7.58. The number of thioether (sulfide) groups is 1. The number of rotatable bonds is 5. The molecule has 0 saturated heterocycles. The summed E-state index contributed by atoms with van der Waals surface area (Å²) in [5, 5.41) is 5.03. The van der Waals surface area contributed by atoms with Crippen molar-refractivity contribution in [2.45, 2.75) is 17.4 Å². The summed E-state index contributed by atoms with van der Waals surface area (Å²) in [6.45, 7) is 0.243. The predicted octanol–water partition coefficient (Wildman–Crippen LogP) is 4.07. The van der Waals surface area contributed by atoms with Crippen molar-refractivity contribution in [1.82, 2.24) is 9.78 Å². The van der Waals surface area contributed by atoms with Gasteiger partial charge in [0.1, 0.15) is 18.1 Å². The van der Waals surface area contributed by atoms with Gasteiger partial charge in [-0.25, -0.2) is 9.07 Å². The Bertz CT molecular complexity index is 743. The van der Waals surface area contributed by atoms with Crippen LogP contribution >= 0.6 is 11.8 Å². The Kier molecular flexibility index (Phi) is 4.22. The number of hydrogen-bond donors (Lipinski definition) is 0. The van der Waals surface area contributed by atoms with Gasteiger partial charge in [-0.1, -0.05) is 30.3 Å². The highest BCUT2D eigenvalue weighted by atomic mass is 32.2. The minimum absolute atomic E-state index is 0.243. The summed E-state index contributed by atoms with van der Waals surface area (Å²) in [4.78, 5) is 1.03. The van der Waals surface area contributed by atoms with Gasteiger partial charge in [0.25, 0.3) is 0 Å². The van der Waals surface area contributed by atoms with Crippen LogP contribution in [0.5, 0.6) is 0 Å². The smallest absolute Gasteiger partial charge is 0.149 e. The van der Waals surface area contributed by atoms with Crippen molar-refractivity contribution in [1.29, 1.82) is 0 Å². The second kappa shape index (κ2) is 6.28. The third kappa shape index (κ3) is 2.94. The zero-order chi connectivity index (χ0) is 14.7. The van der Waals surface area contributed by atoms with Gasteiger partial charge < -0.3 is 4.74 Å². The van der Waals surface area contributed by atoms with Gasteiger partial charge in [-0.3, -0.25) is 0 Å². The maximum atomic E-state index is 14.0. The Hall–Kier alpha value is -1.85. The lowest BCUT2D eigenvalue weighted by Crippen LogP contribution is -2.02. The van der Waals surface area contributed by atoms with Crippen molar-refractivity contribution in [2.75, 3.05) is 7.11 Å². The van der Waals surface area contributed by atoms with E-state index in [1.54, 1.807) is 25.1 Å². The molecule has 0 radical (unpaired) electrons. The van der Waals surface area contributed by atoms with Crippen LogP contribution in [0.3, 0.4) is 0 Å². The predicted molar refractivity (Wildman–Crippen MR) is 82.7 cm³/mol. The molecule has 21 heavy (non-hydrogen) atoms. The highest BCUT2D eigenvalue weighted by molar-refractivity contribution is 7.98. The number of aromatic nitrogens is 2. The van der Waals surface area contributed by atoms with E-state index in [4.69, 9.17) is 4.74 Å². The largest absolute Gasteiger partial charge is 0.362 e. The molecule has 3 nitrogen and oxygen atoms in total. The molecule has 0 fully saturated rings. The molecule has 0 aliphatic rings. The molecule has 2 aromatic carbocycles. The van der Waals surface area contributed by atoms with Crippen molar-refractivity contribution in [2.24, 2.45) is 0 Å². The van der Waals surface area contributed by atoms with E-state index < -0.39 is 0 Å². The maximum absolute atomic E-state index is 14.0. The number of benzene rings is 2. The lowest BCUT2D eigenvalue weighted by atomic mass is 10.2. The summed E-state index contributed by atoms with van der Waals surface area (Å²) in [6.07, 6.45) is 1.70. The number of ether oxygens (including phenoxy) is 1. The summed E-state index contributed by atoms with van der Waals surface area (Å²) in [6, 6.07) is 13.5. The van der Waals surface area contributed by atoms with Crippen LogP contribution in [0, 0.1) is 5.82 Å². The van der Waals surface area contributed by atoms with Crippen LogP contribution in [0.1, 0.15) is 5.56 Å². The molecule has 0 spiro atoms. The Morgan fingerprint density at radius 2 is 2.00 bits per heavy atom. The normalized spacial score (nSPS) is 11.1. The lowest BCUT2D eigenvalue weighted by molar-refractivity contribution is 0.124. The molecule has 0 amide bonds. The summed E-state index contributed by atoms with van der Waals surface area (Å²) in [7, 11) is 1.57. The average Bonchev–Trinajstić information content (AvgIpc) is 2.93. The molecule has 108 valence electrons. The zero-order valence-electron chi connectivity index (χ0n) is 11.6. The van der Waals surface area contributed by atoms with Gasteiger partial charge in [0.05, 0.1) is 6.20 Å². The fourth-order valence-corrected chi connectivity index (χ4v) is 3.20. The van der Waals surface area contributed by atoms with E-state index in [-0.39, 0.29) is 12.5 Å². The zero-order valence-corrected chi connectivity index (χ0v) is 12.4. The quantitative estimate of drug-likeness (QED) is 0.665. The highest BCUT2D eigenvalue weighted by Gasteiger charge is 2.12. The van der Waals surface area contributed by atoms with Crippen molar-refractivity contribution >= 4 is 22.7 Å². The lowest BCUT2D eigenvalue weighted by Gasteiger charge is -2.06. The summed E-state index contributed by atoms with van der Waals surface area (Å²) < 4.78 is 20.6. The van der Waals surface area contributed by atoms with Crippen LogP contribution in [0.2, 0.25) is 0 Å². The second-order valence-corrected chi connectivity index (χ2v) is 5.66. The number of fused-ring (bicyclic) bond motifs is 1. The molecule has 0 atom stereocenters. The second-order valence-electron chi connectivity index (χ2n) is 4.64. The first-order chi connectivity index (χ1) is 10.3. The van der Waals surface area contributed by atoms with Crippen molar-refractivity contribution in [3.05, 3.63) is 60.0 Å². The van der Waals surface area contributed by atoms with E-state index in [0.29, 0.717) is 5.52 Å². The minimum Gasteiger partial charge on any atom is -0.362 e. The van der Waals surface area contributed by atoms with E-state index in [1.807, 2.05) is 24.3 Å². The SMILES string of the molecule is COCn1ncc2c(SCc3ccccc3)ccc(F)c21. The summed E-state index contributed by atoms with van der Waals surface area (Å²) in [5.74, 6) is 0.570. The molecule has 0 unspecified atom stereocenters. The Morgan fingerprint density at radius 3 is 2.76 bits per heavy atom. The topological polar surface area (TPSA) is 27.1 Å². The molecule has 3 rings (SSSR count). The fraction of sp³-hybridized carbons (Fsp3) is 0.188. The van der Waals surface area contributed by atoms with Crippen molar-refractivity contribution in [3.8, 4) is 0 Å². The summed E-state index contributed by atoms with van der Waals surface area (Å²) in [5.41, 5.74) is 1.74. The Balaban J connectivity index is 1.91. The van der Waals surface area contributed by atoms with Gasteiger partial charge in [0.15, 0.2) is 0 Å². The van der Waals surface area contributed by atoms with Crippen molar-refractivity contribution < 1.29 is 9.13 Å². The molecule has 1 aromatic heterocycles. The van der Waals surface area contributed by atoms with Gasteiger partial charge in [-0.15, -0.1) is 11.8 Å². The molecule has 5 heteroatoms. The highest BCUT2D eigenvalue weighted by Crippen LogP contribution is 2.31. The first kappa shape index (κ1) is 14.1. The Labute approximate surface area is 126 Å². The van der Waals surface area contributed by atoms with Crippen LogP contribution in [-0.4, -0.2) is 16.9 Å². The standard InChI is InChI=1S/C16H15FN2OS/c1-20-11-19-16-13(9-18-19)15(8-7-14(16)17)21-10-12-5-3-2-4-6-12/h2-9H,10-11H2,1H3. The molecule has 0 saturated carbocycles. The third-order valence-electron chi connectivity index (χ3n) is 3.20. The van der Waals surface area contributed by atoms with Gasteiger partial charge in [0.2, 0.25) is 0 Å². The number of halogens is 1. The van der Waals surface area contributed by atoms with Gasteiger partial charge in [0, 0.05) is 23.1 Å². The molecular formula is C16H15FN2OS. The molecular weight excluding hydrogens is 287 g/mol. The van der Waals surface area contributed by atoms with Crippen molar-refractivity contribution in [3.63, 3.8) is 0 Å². The van der Waals surface area contributed by atoms with Gasteiger partial charge in [-0.2, -0.15) is 5.10 Å². The van der Waals surface area contributed by atoms with Crippen LogP contribution in [0.4, 0.5) is 4.39 Å². The van der Waals surface area contributed by atoms with E-state index >= 15 is 0 Å². The summed E-state index contributed by atoms with van der Waals surface area (Å²) >= 11 is 1.68. The van der Waals surface area contributed by atoms with Gasteiger partial charge in [-0.05, 0) is 17.7 Å². The average molecular weight is 302 g/mol. The van der Waals surface area contributed by atoms with Crippen LogP contribution in [0.15, 0.2) is 53.6 Å². The monoisotopic (exact) mass is 302 g/mol. The van der Waals surface area contributed by atoms with Crippen LogP contribution in [-0.2, 0) is 17.2 Å². The molecule has 0 bridgehead atoms. The Morgan fingerprint density at radius 1 is 1.19 bits per heavy atom. The van der Waals surface area contributed by atoms with Crippen LogP contribution in [0.25, 0.3) is 10.9 Å². The first-order valence-electron chi connectivity index (χ1n) is 6.59. The molecule has 0 N–H and O–H groups in total. The maximum Gasteiger partial charge on any atom is 0.149 e. The fourth-order valence-electron chi connectivity index (χ4n) is 2.22. The van der Waals surface area contributed by atoms with Crippen LogP contribution < -0.4 is 0 Å². The number of methoxy groups -OCH3 is 1. The van der Waals surface area contributed by atoms with E-state index in [2.05, 4.69) is 17.2 Å². The van der Waals surface area contributed by atoms with E-state index in [0.717, 1.165) is 16.0 Å². The van der Waals surface area contributed by atoms with E-state index in [9.17, 15) is 4.39 Å². The number of hydrogen-bond acceptors (Lipinski definition) is 3. The molecule has 1 heterocycles.